The second kappa shape index (κ2) is 9.67. The maximum absolute atomic E-state index is 10.1. The molecule has 0 radical (unpaired) electrons. The quantitative estimate of drug-likeness (QED) is 0.562. The van der Waals surface area contributed by atoms with E-state index in [1.165, 1.54) is 16.7 Å². The van der Waals surface area contributed by atoms with Gasteiger partial charge in [0.1, 0.15) is 0 Å². The molecule has 1 atom stereocenters. The molecule has 26 heavy (non-hydrogen) atoms. The van der Waals surface area contributed by atoms with Crippen molar-refractivity contribution in [2.45, 2.75) is 25.6 Å². The van der Waals surface area contributed by atoms with Gasteiger partial charge in [-0.3, -0.25) is 4.90 Å². The average molecular weight is 410 g/mol. The highest BCUT2D eigenvalue weighted by molar-refractivity contribution is 9.10. The highest BCUT2D eigenvalue weighted by atomic mass is 79.9. The number of rotatable bonds is 8. The van der Waals surface area contributed by atoms with E-state index >= 15 is 0 Å². The molecule has 0 saturated heterocycles. The van der Waals surface area contributed by atoms with E-state index in [0.717, 1.165) is 24.0 Å². The Labute approximate surface area is 164 Å². The smallest absolute Gasteiger partial charge is 0.0590 e. The molecule has 0 aromatic heterocycles. The molecule has 134 valence electrons. The molecular formula is C23H24BrNO. The van der Waals surface area contributed by atoms with Crippen LogP contribution in [0.2, 0.25) is 0 Å². The van der Waals surface area contributed by atoms with Gasteiger partial charge in [0.25, 0.3) is 0 Å². The molecule has 0 fully saturated rings. The van der Waals surface area contributed by atoms with Crippen LogP contribution in [0.15, 0.2) is 89.4 Å². The van der Waals surface area contributed by atoms with Crippen molar-refractivity contribution in [3.05, 3.63) is 106 Å². The fourth-order valence-electron chi connectivity index (χ4n) is 3.20. The summed E-state index contributed by atoms with van der Waals surface area (Å²) >= 11 is 3.54. The van der Waals surface area contributed by atoms with Gasteiger partial charge in [-0.15, -0.1) is 0 Å². The SMILES string of the molecule is OC[C@@H](Cc1cccc(Br)c1)N(Cc1ccccc1)Cc1ccccc1. The first kappa shape index (κ1) is 18.8. The van der Waals surface area contributed by atoms with Crippen LogP contribution < -0.4 is 0 Å². The van der Waals surface area contributed by atoms with Gasteiger partial charge in [-0.2, -0.15) is 0 Å². The van der Waals surface area contributed by atoms with Crippen molar-refractivity contribution in [1.29, 1.82) is 0 Å². The Morgan fingerprint density at radius 2 is 1.27 bits per heavy atom. The topological polar surface area (TPSA) is 23.5 Å². The number of aliphatic hydroxyl groups excluding tert-OH is 1. The molecule has 3 rings (SSSR count). The zero-order chi connectivity index (χ0) is 18.2. The molecule has 3 heteroatoms. The Kier molecular flexibility index (Phi) is 7.01. The lowest BCUT2D eigenvalue weighted by molar-refractivity contribution is 0.109. The summed E-state index contributed by atoms with van der Waals surface area (Å²) in [4.78, 5) is 2.37. The minimum atomic E-state index is 0.0599. The number of benzene rings is 3. The molecule has 1 N–H and O–H groups in total. The van der Waals surface area contributed by atoms with Gasteiger partial charge in [0.15, 0.2) is 0 Å². The summed E-state index contributed by atoms with van der Waals surface area (Å²) in [5, 5.41) is 10.1. The van der Waals surface area contributed by atoms with E-state index < -0.39 is 0 Å². The third-order valence-corrected chi connectivity index (χ3v) is 5.04. The van der Waals surface area contributed by atoms with E-state index in [0.29, 0.717) is 0 Å². The van der Waals surface area contributed by atoms with Crippen LogP contribution >= 0.6 is 15.9 Å². The number of hydrogen-bond acceptors (Lipinski definition) is 2. The van der Waals surface area contributed by atoms with Crippen molar-refractivity contribution < 1.29 is 5.11 Å². The molecule has 0 aliphatic heterocycles. The molecule has 0 aliphatic rings. The summed E-state index contributed by atoms with van der Waals surface area (Å²) in [6.07, 6.45) is 0.815. The van der Waals surface area contributed by atoms with E-state index in [-0.39, 0.29) is 12.6 Å². The largest absolute Gasteiger partial charge is 0.395 e. The van der Waals surface area contributed by atoms with Crippen molar-refractivity contribution in [2.75, 3.05) is 6.61 Å². The van der Waals surface area contributed by atoms with Crippen LogP contribution in [0.3, 0.4) is 0 Å². The molecule has 0 amide bonds. The minimum Gasteiger partial charge on any atom is -0.395 e. The zero-order valence-electron chi connectivity index (χ0n) is 14.8. The Balaban J connectivity index is 1.81. The molecule has 0 unspecified atom stereocenters. The summed E-state index contributed by atoms with van der Waals surface area (Å²) < 4.78 is 1.07. The molecule has 3 aromatic carbocycles. The van der Waals surface area contributed by atoms with E-state index in [1.54, 1.807) is 0 Å². The van der Waals surface area contributed by atoms with E-state index in [4.69, 9.17) is 0 Å². The van der Waals surface area contributed by atoms with Crippen LogP contribution in [0.25, 0.3) is 0 Å². The van der Waals surface area contributed by atoms with Crippen molar-refractivity contribution in [3.8, 4) is 0 Å². The Hall–Kier alpha value is -1.94. The highest BCUT2D eigenvalue weighted by Gasteiger charge is 2.19. The molecule has 2 nitrogen and oxygen atoms in total. The monoisotopic (exact) mass is 409 g/mol. The molecule has 0 bridgehead atoms. The first-order valence-corrected chi connectivity index (χ1v) is 9.71. The summed E-state index contributed by atoms with van der Waals surface area (Å²) in [5.74, 6) is 0. The van der Waals surface area contributed by atoms with E-state index in [1.807, 2.05) is 24.3 Å². The standard InChI is InChI=1S/C23H24BrNO/c24-22-13-7-12-21(14-22)15-23(18-26)25(16-19-8-3-1-4-9-19)17-20-10-5-2-6-11-20/h1-14,23,26H,15-18H2/t23-/m1/s1. The number of hydrogen-bond donors (Lipinski definition) is 1. The lowest BCUT2D eigenvalue weighted by atomic mass is 10.0. The Morgan fingerprint density at radius 1 is 0.731 bits per heavy atom. The second-order valence-corrected chi connectivity index (χ2v) is 7.46. The highest BCUT2D eigenvalue weighted by Crippen LogP contribution is 2.19. The maximum atomic E-state index is 10.1. The van der Waals surface area contributed by atoms with Crippen molar-refractivity contribution in [1.82, 2.24) is 4.90 Å². The normalized spacial score (nSPS) is 12.3. The fourth-order valence-corrected chi connectivity index (χ4v) is 3.64. The zero-order valence-corrected chi connectivity index (χ0v) is 16.3. The maximum Gasteiger partial charge on any atom is 0.0590 e. The van der Waals surface area contributed by atoms with Gasteiger partial charge in [0.2, 0.25) is 0 Å². The van der Waals surface area contributed by atoms with Crippen LogP contribution in [-0.2, 0) is 19.5 Å². The average Bonchev–Trinajstić information content (AvgIpc) is 2.67. The Bertz CT molecular complexity index is 750. The van der Waals surface area contributed by atoms with Crippen LogP contribution in [0.4, 0.5) is 0 Å². The van der Waals surface area contributed by atoms with Gasteiger partial charge in [-0.1, -0.05) is 88.7 Å². The molecular weight excluding hydrogens is 386 g/mol. The summed E-state index contributed by atoms with van der Waals surface area (Å²) in [5.41, 5.74) is 3.75. The van der Waals surface area contributed by atoms with Gasteiger partial charge < -0.3 is 5.11 Å². The van der Waals surface area contributed by atoms with Crippen molar-refractivity contribution in [2.24, 2.45) is 0 Å². The fraction of sp³-hybridized carbons (Fsp3) is 0.217. The summed E-state index contributed by atoms with van der Waals surface area (Å²) in [6.45, 7) is 1.76. The van der Waals surface area contributed by atoms with Crippen molar-refractivity contribution in [3.63, 3.8) is 0 Å². The van der Waals surface area contributed by atoms with Gasteiger partial charge in [-0.05, 0) is 35.2 Å². The number of nitrogens with zero attached hydrogens (tertiary/aromatic N) is 1. The molecule has 0 aliphatic carbocycles. The van der Waals surface area contributed by atoms with Crippen LogP contribution in [0.5, 0.6) is 0 Å². The van der Waals surface area contributed by atoms with Gasteiger partial charge in [0.05, 0.1) is 6.61 Å². The number of halogens is 1. The first-order chi connectivity index (χ1) is 12.7. The van der Waals surface area contributed by atoms with Crippen molar-refractivity contribution >= 4 is 15.9 Å². The summed E-state index contributed by atoms with van der Waals surface area (Å²) in [7, 11) is 0. The minimum absolute atomic E-state index is 0.0599. The van der Waals surface area contributed by atoms with Gasteiger partial charge in [-0.25, -0.2) is 0 Å². The predicted octanol–water partition coefficient (Wildman–Crippen LogP) is 5.05. The summed E-state index contributed by atoms with van der Waals surface area (Å²) in [6, 6.07) is 29.3. The molecule has 0 saturated carbocycles. The number of aliphatic hydroxyl groups is 1. The first-order valence-electron chi connectivity index (χ1n) is 8.92. The predicted molar refractivity (Wildman–Crippen MR) is 111 cm³/mol. The molecule has 0 heterocycles. The lowest BCUT2D eigenvalue weighted by Crippen LogP contribution is -2.38. The van der Waals surface area contributed by atoms with E-state index in [2.05, 4.69) is 81.5 Å². The van der Waals surface area contributed by atoms with E-state index in [9.17, 15) is 5.11 Å². The molecule has 3 aromatic rings. The van der Waals surface area contributed by atoms with Crippen LogP contribution in [-0.4, -0.2) is 22.7 Å². The lowest BCUT2D eigenvalue weighted by Gasteiger charge is -2.31. The van der Waals surface area contributed by atoms with Crippen LogP contribution in [0, 0.1) is 0 Å². The third-order valence-electron chi connectivity index (χ3n) is 4.54. The van der Waals surface area contributed by atoms with Gasteiger partial charge >= 0.3 is 0 Å². The Morgan fingerprint density at radius 3 is 1.77 bits per heavy atom. The third kappa shape index (κ3) is 5.53. The molecule has 0 spiro atoms. The van der Waals surface area contributed by atoms with Gasteiger partial charge in [0, 0.05) is 23.6 Å². The van der Waals surface area contributed by atoms with Crippen LogP contribution in [0.1, 0.15) is 16.7 Å². The second-order valence-electron chi connectivity index (χ2n) is 6.55.